The van der Waals surface area contributed by atoms with Gasteiger partial charge >= 0.3 is 5.97 Å². The molecule has 30 heavy (non-hydrogen) atoms. The van der Waals surface area contributed by atoms with Crippen molar-refractivity contribution in [1.82, 2.24) is 9.97 Å². The van der Waals surface area contributed by atoms with Gasteiger partial charge in [-0.1, -0.05) is 29.8 Å². The van der Waals surface area contributed by atoms with Crippen LogP contribution in [0.3, 0.4) is 0 Å². The fraction of sp³-hybridized carbons (Fsp3) is 0.136. The van der Waals surface area contributed by atoms with Gasteiger partial charge in [-0.05, 0) is 30.3 Å². The summed E-state index contributed by atoms with van der Waals surface area (Å²) >= 11 is 7.64. The number of thiazole rings is 1. The highest BCUT2D eigenvalue weighted by molar-refractivity contribution is 7.13. The summed E-state index contributed by atoms with van der Waals surface area (Å²) in [4.78, 5) is 20.7. The maximum Gasteiger partial charge on any atom is 0.306 e. The second-order valence-electron chi connectivity index (χ2n) is 6.41. The number of esters is 1. The molecule has 8 heteroatoms. The van der Waals surface area contributed by atoms with Crippen LogP contribution in [-0.2, 0) is 22.6 Å². The Labute approximate surface area is 181 Å². The van der Waals surface area contributed by atoms with Gasteiger partial charge in [-0.25, -0.2) is 14.4 Å². The van der Waals surface area contributed by atoms with Crippen LogP contribution in [0.2, 0.25) is 5.02 Å². The molecule has 0 saturated heterocycles. The number of carbonyl (C=O) groups excluding carboxylic acids is 1. The monoisotopic (exact) mass is 442 g/mol. The molecule has 0 amide bonds. The van der Waals surface area contributed by atoms with Crippen LogP contribution in [0.5, 0.6) is 0 Å². The van der Waals surface area contributed by atoms with E-state index in [1.54, 1.807) is 18.3 Å². The van der Waals surface area contributed by atoms with Gasteiger partial charge in [0.25, 0.3) is 0 Å². The Morgan fingerprint density at radius 1 is 1.17 bits per heavy atom. The van der Waals surface area contributed by atoms with Gasteiger partial charge in [0.1, 0.15) is 17.4 Å². The van der Waals surface area contributed by atoms with Crippen molar-refractivity contribution >= 4 is 28.9 Å². The number of nitrogens with zero attached hydrogens (tertiary/aromatic N) is 2. The normalized spacial score (nSPS) is 10.9. The number of aryl methyl sites for hydroxylation is 1. The van der Waals surface area contributed by atoms with Crippen molar-refractivity contribution in [3.05, 3.63) is 82.5 Å². The fourth-order valence-electron chi connectivity index (χ4n) is 2.74. The molecule has 0 aliphatic carbocycles. The van der Waals surface area contributed by atoms with Crippen LogP contribution in [0, 0.1) is 5.82 Å². The summed E-state index contributed by atoms with van der Waals surface area (Å²) in [6.45, 7) is 0.0895. The maximum absolute atomic E-state index is 13.0. The summed E-state index contributed by atoms with van der Waals surface area (Å²) in [5.74, 6) is 0.248. The minimum absolute atomic E-state index is 0.0895. The Bertz CT molecular complexity index is 1160. The first-order valence-electron chi connectivity index (χ1n) is 9.14. The predicted molar refractivity (Wildman–Crippen MR) is 113 cm³/mol. The van der Waals surface area contributed by atoms with Crippen LogP contribution in [0.15, 0.2) is 64.5 Å². The van der Waals surface area contributed by atoms with Crippen LogP contribution < -0.4 is 0 Å². The van der Waals surface area contributed by atoms with E-state index in [1.165, 1.54) is 23.5 Å². The fourth-order valence-corrected chi connectivity index (χ4v) is 3.87. The molecular weight excluding hydrogens is 427 g/mol. The zero-order valence-electron chi connectivity index (χ0n) is 15.7. The van der Waals surface area contributed by atoms with E-state index in [2.05, 4.69) is 9.97 Å². The molecule has 0 aliphatic rings. The van der Waals surface area contributed by atoms with Gasteiger partial charge in [-0.2, -0.15) is 0 Å². The lowest BCUT2D eigenvalue weighted by Crippen LogP contribution is -2.06. The molecule has 0 N–H and O–H groups in total. The third-order valence-electron chi connectivity index (χ3n) is 4.26. The van der Waals surface area contributed by atoms with Gasteiger partial charge in [0.05, 0.1) is 23.3 Å². The molecular formula is C22H16ClFN2O3S. The number of hydrogen-bond donors (Lipinski definition) is 0. The number of halogens is 2. The lowest BCUT2D eigenvalue weighted by Gasteiger charge is -2.02. The number of rotatable bonds is 7. The van der Waals surface area contributed by atoms with Gasteiger partial charge in [0.15, 0.2) is 11.7 Å². The van der Waals surface area contributed by atoms with Crippen LogP contribution in [0.25, 0.3) is 21.9 Å². The first kappa shape index (κ1) is 20.3. The number of carbonyl (C=O) groups is 1. The quantitative estimate of drug-likeness (QED) is 0.332. The second-order valence-corrected chi connectivity index (χ2v) is 7.67. The SMILES string of the molecule is O=C(CCc1ncc(-c2ccc(F)cc2)o1)OCc1csc(-c2ccccc2Cl)n1. The Balaban J connectivity index is 1.28. The van der Waals surface area contributed by atoms with Crippen molar-refractivity contribution in [1.29, 1.82) is 0 Å². The molecule has 2 aromatic heterocycles. The Hall–Kier alpha value is -3.03. The summed E-state index contributed by atoms with van der Waals surface area (Å²) in [5, 5.41) is 3.25. The number of oxazole rings is 1. The highest BCUT2D eigenvalue weighted by Gasteiger charge is 2.12. The van der Waals surface area contributed by atoms with E-state index in [0.29, 0.717) is 28.8 Å². The molecule has 4 rings (SSSR count). The summed E-state index contributed by atoms with van der Waals surface area (Å²) < 4.78 is 23.9. The molecule has 0 aliphatic heterocycles. The van der Waals surface area contributed by atoms with Crippen LogP contribution in [0.1, 0.15) is 18.0 Å². The van der Waals surface area contributed by atoms with E-state index in [0.717, 1.165) is 16.1 Å². The zero-order valence-corrected chi connectivity index (χ0v) is 17.3. The summed E-state index contributed by atoms with van der Waals surface area (Å²) in [6.07, 6.45) is 1.99. The van der Waals surface area contributed by atoms with E-state index in [-0.39, 0.29) is 24.8 Å². The van der Waals surface area contributed by atoms with Gasteiger partial charge in [-0.3, -0.25) is 4.79 Å². The van der Waals surface area contributed by atoms with Gasteiger partial charge < -0.3 is 9.15 Å². The molecule has 2 heterocycles. The van der Waals surface area contributed by atoms with E-state index < -0.39 is 0 Å². The zero-order chi connectivity index (χ0) is 20.9. The molecule has 0 spiro atoms. The van der Waals surface area contributed by atoms with Crippen LogP contribution in [0.4, 0.5) is 4.39 Å². The summed E-state index contributed by atoms with van der Waals surface area (Å²) in [7, 11) is 0. The number of hydrogen-bond acceptors (Lipinski definition) is 6. The van der Waals surface area contributed by atoms with Gasteiger partial charge in [-0.15, -0.1) is 11.3 Å². The smallest absolute Gasteiger partial charge is 0.306 e. The molecule has 152 valence electrons. The molecule has 4 aromatic rings. The van der Waals surface area contributed by atoms with E-state index in [1.807, 2.05) is 29.6 Å². The third kappa shape index (κ3) is 4.93. The Morgan fingerprint density at radius 2 is 1.97 bits per heavy atom. The third-order valence-corrected chi connectivity index (χ3v) is 5.52. The molecule has 0 bridgehead atoms. The largest absolute Gasteiger partial charge is 0.459 e. The minimum Gasteiger partial charge on any atom is -0.459 e. The van der Waals surface area contributed by atoms with E-state index >= 15 is 0 Å². The van der Waals surface area contributed by atoms with Crippen molar-refractivity contribution in [2.75, 3.05) is 0 Å². The van der Waals surface area contributed by atoms with Crippen molar-refractivity contribution < 1.29 is 18.3 Å². The van der Waals surface area contributed by atoms with Crippen molar-refractivity contribution in [2.45, 2.75) is 19.4 Å². The Kier molecular flexibility index (Phi) is 6.21. The standard InChI is InChI=1S/C22H16ClFN2O3S/c23-18-4-2-1-3-17(18)22-26-16(13-30-22)12-28-21(27)10-9-20-25-11-19(29-20)14-5-7-15(24)8-6-14/h1-8,11,13H,9-10,12H2. The van der Waals surface area contributed by atoms with Crippen molar-refractivity contribution in [3.63, 3.8) is 0 Å². The molecule has 0 fully saturated rings. The van der Waals surface area contributed by atoms with Gasteiger partial charge in [0, 0.05) is 22.9 Å². The van der Waals surface area contributed by atoms with E-state index in [9.17, 15) is 9.18 Å². The molecule has 0 saturated carbocycles. The maximum atomic E-state index is 13.0. The van der Waals surface area contributed by atoms with E-state index in [4.69, 9.17) is 20.8 Å². The molecule has 5 nitrogen and oxygen atoms in total. The first-order valence-corrected chi connectivity index (χ1v) is 10.4. The average Bonchev–Trinajstić information content (AvgIpc) is 3.41. The Morgan fingerprint density at radius 3 is 2.77 bits per heavy atom. The number of aromatic nitrogens is 2. The van der Waals surface area contributed by atoms with Crippen LogP contribution in [-0.4, -0.2) is 15.9 Å². The average molecular weight is 443 g/mol. The predicted octanol–water partition coefficient (Wildman–Crippen LogP) is 5.93. The van der Waals surface area contributed by atoms with Crippen LogP contribution >= 0.6 is 22.9 Å². The molecule has 0 radical (unpaired) electrons. The molecule has 2 aromatic carbocycles. The number of benzene rings is 2. The lowest BCUT2D eigenvalue weighted by atomic mass is 10.2. The summed E-state index contributed by atoms with van der Waals surface area (Å²) in [6, 6.07) is 13.4. The highest BCUT2D eigenvalue weighted by atomic mass is 35.5. The number of ether oxygens (including phenoxy) is 1. The molecule has 0 atom stereocenters. The lowest BCUT2D eigenvalue weighted by molar-refractivity contribution is -0.145. The van der Waals surface area contributed by atoms with Crippen molar-refractivity contribution in [3.8, 4) is 21.9 Å². The minimum atomic E-state index is -0.371. The second kappa shape index (κ2) is 9.19. The topological polar surface area (TPSA) is 65.2 Å². The van der Waals surface area contributed by atoms with Crippen molar-refractivity contribution in [2.24, 2.45) is 0 Å². The first-order chi connectivity index (χ1) is 14.6. The summed E-state index contributed by atoms with van der Waals surface area (Å²) in [5.41, 5.74) is 2.23. The highest BCUT2D eigenvalue weighted by Crippen LogP contribution is 2.30. The van der Waals surface area contributed by atoms with Gasteiger partial charge in [0.2, 0.25) is 0 Å². The molecule has 0 unspecified atom stereocenters.